The zero-order chi connectivity index (χ0) is 21.5. The monoisotopic (exact) mass is 418 g/mol. The van der Waals surface area contributed by atoms with E-state index >= 15 is 0 Å². The summed E-state index contributed by atoms with van der Waals surface area (Å²) in [5, 5.41) is 4.27. The van der Waals surface area contributed by atoms with Gasteiger partial charge < -0.3 is 15.8 Å². The van der Waals surface area contributed by atoms with E-state index in [0.717, 1.165) is 38.2 Å². The van der Waals surface area contributed by atoms with E-state index in [0.29, 0.717) is 17.9 Å². The van der Waals surface area contributed by atoms with Crippen molar-refractivity contribution in [3.05, 3.63) is 89.5 Å². The molecule has 0 aliphatic rings. The average Bonchev–Trinajstić information content (AvgIpc) is 3.14. The van der Waals surface area contributed by atoms with Crippen LogP contribution in [0.1, 0.15) is 17.5 Å². The molecule has 0 fully saturated rings. The Kier molecular flexibility index (Phi) is 7.03. The third kappa shape index (κ3) is 5.81. The summed E-state index contributed by atoms with van der Waals surface area (Å²) < 4.78 is 5.59. The Labute approximate surface area is 181 Å². The summed E-state index contributed by atoms with van der Waals surface area (Å²) in [5.74, 6) is 1.30. The van der Waals surface area contributed by atoms with Crippen LogP contribution in [0, 0.1) is 6.92 Å². The predicted octanol–water partition coefficient (Wildman–Crippen LogP) is 5.56. The highest BCUT2D eigenvalue weighted by molar-refractivity contribution is 7.15. The molecule has 0 amide bonds. The molecule has 0 aliphatic heterocycles. The summed E-state index contributed by atoms with van der Waals surface area (Å²) in [5.41, 5.74) is 10.4. The third-order valence-corrected chi connectivity index (χ3v) is 5.22. The number of hydrogen-bond acceptors (Lipinski definition) is 6. The molecule has 0 unspecified atom stereocenters. The van der Waals surface area contributed by atoms with Gasteiger partial charge in [0, 0.05) is 41.3 Å². The van der Waals surface area contributed by atoms with E-state index in [-0.39, 0.29) is 0 Å². The molecule has 6 heteroatoms. The number of hydrogen-bond donors (Lipinski definition) is 2. The molecular formula is C24H26N4OS. The molecule has 5 nitrogen and oxygen atoms in total. The van der Waals surface area contributed by atoms with Crippen LogP contribution in [-0.2, 0) is 6.42 Å². The van der Waals surface area contributed by atoms with Gasteiger partial charge in [0.15, 0.2) is 0 Å². The van der Waals surface area contributed by atoms with Crippen LogP contribution in [0.3, 0.4) is 0 Å². The normalized spacial score (nSPS) is 12.0. The summed E-state index contributed by atoms with van der Waals surface area (Å²) in [4.78, 5) is 10.1. The molecule has 3 rings (SSSR count). The van der Waals surface area contributed by atoms with Gasteiger partial charge in [0.1, 0.15) is 11.6 Å². The highest BCUT2D eigenvalue weighted by Gasteiger charge is 2.10. The molecule has 0 aliphatic carbocycles. The minimum absolute atomic E-state index is 0.530. The SMILES string of the molecule is C=C(N=C(/C=C(/C)N)Cc1ccccc1)Nc1ccc(-c2cnc(C)s2)c(OC)c1. The number of methoxy groups -OCH3 is 1. The van der Waals surface area contributed by atoms with Crippen molar-refractivity contribution in [1.82, 2.24) is 4.98 Å². The zero-order valence-corrected chi connectivity index (χ0v) is 18.3. The van der Waals surface area contributed by atoms with E-state index in [9.17, 15) is 0 Å². The van der Waals surface area contributed by atoms with Gasteiger partial charge in [-0.25, -0.2) is 9.98 Å². The summed E-state index contributed by atoms with van der Waals surface area (Å²) in [6.07, 6.45) is 4.41. The molecule has 3 N–H and O–H groups in total. The molecule has 30 heavy (non-hydrogen) atoms. The maximum atomic E-state index is 5.90. The number of nitrogens with one attached hydrogen (secondary N) is 1. The van der Waals surface area contributed by atoms with Gasteiger partial charge in [0.05, 0.1) is 17.0 Å². The van der Waals surface area contributed by atoms with Gasteiger partial charge in [-0.2, -0.15) is 0 Å². The van der Waals surface area contributed by atoms with Crippen molar-refractivity contribution in [2.24, 2.45) is 10.7 Å². The fraction of sp³-hybridized carbons (Fsp3) is 0.167. The second-order valence-corrected chi connectivity index (χ2v) is 8.12. The molecule has 0 bridgehead atoms. The molecule has 0 saturated heterocycles. The summed E-state index contributed by atoms with van der Waals surface area (Å²) in [7, 11) is 1.66. The fourth-order valence-electron chi connectivity index (χ4n) is 3.02. The average molecular weight is 419 g/mol. The molecule has 0 atom stereocenters. The molecule has 1 aromatic heterocycles. The van der Waals surface area contributed by atoms with Gasteiger partial charge in [0.2, 0.25) is 0 Å². The summed E-state index contributed by atoms with van der Waals surface area (Å²) in [6, 6.07) is 16.1. The second kappa shape index (κ2) is 9.89. The minimum Gasteiger partial charge on any atom is -0.496 e. The standard InChI is InChI=1S/C24H26N4OS/c1-16(25)12-21(13-19-8-6-5-7-9-19)28-17(2)27-20-10-11-22(23(14-20)29-4)24-15-26-18(3)30-24/h5-12,14-15,27H,2,13,25H2,1,3-4H3/b16-12-,28-21?. The van der Waals surface area contributed by atoms with Gasteiger partial charge in [-0.15, -0.1) is 11.3 Å². The molecule has 0 spiro atoms. The lowest BCUT2D eigenvalue weighted by molar-refractivity contribution is 0.417. The number of anilines is 1. The largest absolute Gasteiger partial charge is 0.496 e. The first-order valence-electron chi connectivity index (χ1n) is 9.56. The van der Waals surface area contributed by atoms with Crippen molar-refractivity contribution in [2.45, 2.75) is 20.3 Å². The number of aliphatic imine (C=N–C) groups is 1. The van der Waals surface area contributed by atoms with Crippen LogP contribution in [-0.4, -0.2) is 17.8 Å². The van der Waals surface area contributed by atoms with Crippen LogP contribution in [0.15, 0.2) is 83.9 Å². The minimum atomic E-state index is 0.530. The Bertz CT molecular complexity index is 1080. The number of aryl methyl sites for hydroxylation is 1. The first-order chi connectivity index (χ1) is 14.4. The van der Waals surface area contributed by atoms with Crippen molar-refractivity contribution >= 4 is 22.7 Å². The van der Waals surface area contributed by atoms with E-state index in [4.69, 9.17) is 10.5 Å². The van der Waals surface area contributed by atoms with Crippen LogP contribution in [0.25, 0.3) is 10.4 Å². The lowest BCUT2D eigenvalue weighted by Gasteiger charge is -2.12. The van der Waals surface area contributed by atoms with Gasteiger partial charge in [-0.05, 0) is 37.6 Å². The molecule has 0 saturated carbocycles. The Balaban J connectivity index is 1.80. The lowest BCUT2D eigenvalue weighted by atomic mass is 10.1. The first kappa shape index (κ1) is 21.3. The Hall–Kier alpha value is -3.38. The van der Waals surface area contributed by atoms with E-state index < -0.39 is 0 Å². The van der Waals surface area contributed by atoms with Crippen molar-refractivity contribution in [1.29, 1.82) is 0 Å². The number of nitrogens with two attached hydrogens (primary N) is 1. The van der Waals surface area contributed by atoms with Crippen molar-refractivity contribution in [2.75, 3.05) is 12.4 Å². The zero-order valence-electron chi connectivity index (χ0n) is 17.5. The molecular weight excluding hydrogens is 392 g/mol. The van der Waals surface area contributed by atoms with Gasteiger partial charge in [-0.1, -0.05) is 36.9 Å². The van der Waals surface area contributed by atoms with Crippen molar-refractivity contribution in [3.8, 4) is 16.2 Å². The number of ether oxygens (including phenoxy) is 1. The first-order valence-corrected chi connectivity index (χ1v) is 10.4. The Morgan fingerprint density at radius 3 is 2.67 bits per heavy atom. The highest BCUT2D eigenvalue weighted by Crippen LogP contribution is 2.35. The van der Waals surface area contributed by atoms with Crippen LogP contribution >= 0.6 is 11.3 Å². The second-order valence-electron chi connectivity index (χ2n) is 6.88. The van der Waals surface area contributed by atoms with Crippen LogP contribution in [0.2, 0.25) is 0 Å². The van der Waals surface area contributed by atoms with Crippen LogP contribution < -0.4 is 15.8 Å². The van der Waals surface area contributed by atoms with E-state index in [1.54, 1.807) is 18.4 Å². The van der Waals surface area contributed by atoms with Crippen molar-refractivity contribution < 1.29 is 4.74 Å². The molecule has 1 heterocycles. The lowest BCUT2D eigenvalue weighted by Crippen LogP contribution is -2.06. The molecule has 154 valence electrons. The van der Waals surface area contributed by atoms with Crippen LogP contribution in [0.5, 0.6) is 5.75 Å². The summed E-state index contributed by atoms with van der Waals surface area (Å²) in [6.45, 7) is 7.90. The number of aromatic nitrogens is 1. The predicted molar refractivity (Wildman–Crippen MR) is 127 cm³/mol. The Morgan fingerprint density at radius 1 is 1.27 bits per heavy atom. The van der Waals surface area contributed by atoms with Crippen LogP contribution in [0.4, 0.5) is 5.69 Å². The fourth-order valence-corrected chi connectivity index (χ4v) is 3.82. The van der Waals surface area contributed by atoms with E-state index in [1.807, 2.05) is 62.5 Å². The quantitative estimate of drug-likeness (QED) is 0.470. The number of rotatable bonds is 8. The molecule has 3 aromatic rings. The van der Waals surface area contributed by atoms with E-state index in [2.05, 4.69) is 34.0 Å². The maximum Gasteiger partial charge on any atom is 0.129 e. The molecule has 2 aromatic carbocycles. The Morgan fingerprint density at radius 2 is 2.03 bits per heavy atom. The van der Waals surface area contributed by atoms with Gasteiger partial charge in [0.25, 0.3) is 0 Å². The number of allylic oxidation sites excluding steroid dienone is 2. The number of nitrogens with zero attached hydrogens (tertiary/aromatic N) is 2. The number of thiazole rings is 1. The van der Waals surface area contributed by atoms with Crippen molar-refractivity contribution in [3.63, 3.8) is 0 Å². The number of benzene rings is 2. The maximum absolute atomic E-state index is 5.90. The highest BCUT2D eigenvalue weighted by atomic mass is 32.1. The smallest absolute Gasteiger partial charge is 0.129 e. The summed E-state index contributed by atoms with van der Waals surface area (Å²) >= 11 is 1.64. The third-order valence-electron chi connectivity index (χ3n) is 4.28. The molecule has 0 radical (unpaired) electrons. The van der Waals surface area contributed by atoms with E-state index in [1.165, 1.54) is 0 Å². The van der Waals surface area contributed by atoms with Gasteiger partial charge in [-0.3, -0.25) is 0 Å². The topological polar surface area (TPSA) is 72.5 Å². The van der Waals surface area contributed by atoms with Gasteiger partial charge >= 0.3 is 0 Å².